The number of carbonyl (C=O) groups is 2. The predicted molar refractivity (Wildman–Crippen MR) is 77.5 cm³/mol. The Kier molecular flexibility index (Phi) is 3.47. The second-order valence-corrected chi connectivity index (χ2v) is 5.55. The summed E-state index contributed by atoms with van der Waals surface area (Å²) in [4.78, 5) is 28.3. The Morgan fingerprint density at radius 1 is 1.25 bits per heavy atom. The van der Waals surface area contributed by atoms with E-state index < -0.39 is 0 Å². The van der Waals surface area contributed by atoms with Crippen molar-refractivity contribution in [2.24, 2.45) is 0 Å². The van der Waals surface area contributed by atoms with Crippen LogP contribution in [0, 0.1) is 0 Å². The van der Waals surface area contributed by atoms with E-state index in [0.29, 0.717) is 0 Å². The van der Waals surface area contributed by atoms with Gasteiger partial charge in [0.15, 0.2) is 0 Å². The average Bonchev–Trinajstić information content (AvgIpc) is 2.51. The summed E-state index contributed by atoms with van der Waals surface area (Å²) in [6.07, 6.45) is 3.78. The van der Waals surface area contributed by atoms with Crippen molar-refractivity contribution >= 4 is 17.5 Å². The smallest absolute Gasteiger partial charge is 0.250 e. The molecule has 2 heterocycles. The Labute approximate surface area is 119 Å². The number of hydrogen-bond donors (Lipinski definition) is 0. The number of rotatable bonds is 2. The monoisotopic (exact) mass is 272 g/mol. The summed E-state index contributed by atoms with van der Waals surface area (Å²) >= 11 is 0. The van der Waals surface area contributed by atoms with Crippen molar-refractivity contribution in [3.8, 4) is 0 Å². The molecule has 0 bridgehead atoms. The van der Waals surface area contributed by atoms with Crippen LogP contribution in [0.1, 0.15) is 31.7 Å². The van der Waals surface area contributed by atoms with Crippen LogP contribution in [0.5, 0.6) is 0 Å². The Balaban J connectivity index is 1.89. The third kappa shape index (κ3) is 2.19. The molecule has 0 aromatic heterocycles. The lowest BCUT2D eigenvalue weighted by Crippen LogP contribution is -2.61. The molecule has 2 aliphatic heterocycles. The van der Waals surface area contributed by atoms with Crippen LogP contribution < -0.4 is 4.90 Å². The lowest BCUT2D eigenvalue weighted by molar-refractivity contribution is -0.144. The number of amides is 2. The van der Waals surface area contributed by atoms with Gasteiger partial charge >= 0.3 is 0 Å². The number of piperazine rings is 1. The third-order valence-corrected chi connectivity index (χ3v) is 4.30. The molecule has 0 saturated carbocycles. The Hall–Kier alpha value is -1.84. The van der Waals surface area contributed by atoms with E-state index in [2.05, 4.69) is 6.92 Å². The van der Waals surface area contributed by atoms with E-state index in [1.54, 1.807) is 9.80 Å². The summed E-state index contributed by atoms with van der Waals surface area (Å²) in [6, 6.07) is 7.70. The predicted octanol–water partition coefficient (Wildman–Crippen LogP) is 1.98. The van der Waals surface area contributed by atoms with Crippen LogP contribution in [0.4, 0.5) is 5.69 Å². The number of piperidine rings is 1. The summed E-state index contributed by atoms with van der Waals surface area (Å²) in [6.45, 7) is 3.01. The lowest BCUT2D eigenvalue weighted by atomic mass is 9.98. The maximum absolute atomic E-state index is 12.6. The molecule has 0 spiro atoms. The van der Waals surface area contributed by atoms with Gasteiger partial charge in [-0.2, -0.15) is 0 Å². The summed E-state index contributed by atoms with van der Waals surface area (Å²) in [5.41, 5.74) is 2.04. The second kappa shape index (κ2) is 5.27. The van der Waals surface area contributed by atoms with Crippen LogP contribution in [0.3, 0.4) is 0 Å². The first kappa shape index (κ1) is 13.2. The minimum absolute atomic E-state index is 0.0798. The van der Waals surface area contributed by atoms with E-state index in [-0.39, 0.29) is 24.4 Å². The first-order valence-electron chi connectivity index (χ1n) is 7.40. The molecule has 20 heavy (non-hydrogen) atoms. The van der Waals surface area contributed by atoms with Gasteiger partial charge in [-0.1, -0.05) is 19.1 Å². The Morgan fingerprint density at radius 3 is 2.90 bits per heavy atom. The molecule has 0 aliphatic carbocycles. The second-order valence-electron chi connectivity index (χ2n) is 5.55. The fourth-order valence-corrected chi connectivity index (χ4v) is 3.13. The van der Waals surface area contributed by atoms with E-state index in [0.717, 1.165) is 37.9 Å². The van der Waals surface area contributed by atoms with Gasteiger partial charge < -0.3 is 9.80 Å². The van der Waals surface area contributed by atoms with Crippen molar-refractivity contribution < 1.29 is 9.59 Å². The number of anilines is 1. The molecule has 1 atom stereocenters. The third-order valence-electron chi connectivity index (χ3n) is 4.30. The van der Waals surface area contributed by atoms with E-state index in [1.165, 1.54) is 5.56 Å². The fraction of sp³-hybridized carbons (Fsp3) is 0.500. The molecular weight excluding hydrogens is 252 g/mol. The molecule has 2 fully saturated rings. The molecule has 3 rings (SSSR count). The first-order chi connectivity index (χ1) is 9.70. The highest BCUT2D eigenvalue weighted by molar-refractivity contribution is 6.06. The van der Waals surface area contributed by atoms with Gasteiger partial charge in [0.05, 0.1) is 0 Å². The van der Waals surface area contributed by atoms with Crippen molar-refractivity contribution in [1.82, 2.24) is 4.90 Å². The summed E-state index contributed by atoms with van der Waals surface area (Å²) in [5, 5.41) is 0. The van der Waals surface area contributed by atoms with Crippen LogP contribution in [-0.4, -0.2) is 35.8 Å². The molecule has 0 N–H and O–H groups in total. The number of hydrogen-bond acceptors (Lipinski definition) is 2. The minimum atomic E-state index is -0.240. The zero-order chi connectivity index (χ0) is 14.1. The highest BCUT2D eigenvalue weighted by Gasteiger charge is 2.40. The van der Waals surface area contributed by atoms with Gasteiger partial charge in [0.25, 0.3) is 0 Å². The van der Waals surface area contributed by atoms with Crippen molar-refractivity contribution in [1.29, 1.82) is 0 Å². The van der Waals surface area contributed by atoms with Gasteiger partial charge in [-0.25, -0.2) is 0 Å². The molecule has 2 aliphatic rings. The quantitative estimate of drug-likeness (QED) is 0.826. The Morgan fingerprint density at radius 2 is 2.10 bits per heavy atom. The fourth-order valence-electron chi connectivity index (χ4n) is 3.13. The van der Waals surface area contributed by atoms with E-state index in [1.807, 2.05) is 24.3 Å². The summed E-state index contributed by atoms with van der Waals surface area (Å²) < 4.78 is 0. The van der Waals surface area contributed by atoms with Crippen molar-refractivity contribution in [2.45, 2.75) is 38.6 Å². The maximum Gasteiger partial charge on any atom is 0.250 e. The molecule has 0 radical (unpaired) electrons. The number of carbonyl (C=O) groups excluding carboxylic acids is 2. The van der Waals surface area contributed by atoms with Gasteiger partial charge in [0.1, 0.15) is 12.6 Å². The molecule has 4 heteroatoms. The maximum atomic E-state index is 12.6. The number of benzene rings is 1. The molecule has 1 unspecified atom stereocenters. The molecule has 2 amide bonds. The van der Waals surface area contributed by atoms with Crippen LogP contribution in [0.2, 0.25) is 0 Å². The van der Waals surface area contributed by atoms with Gasteiger partial charge in [0.2, 0.25) is 11.8 Å². The number of nitrogens with zero attached hydrogens (tertiary/aromatic N) is 2. The molecule has 1 aromatic carbocycles. The first-order valence-corrected chi connectivity index (χ1v) is 7.40. The van der Waals surface area contributed by atoms with E-state index >= 15 is 0 Å². The Bertz CT molecular complexity index is 541. The van der Waals surface area contributed by atoms with Crippen LogP contribution in [-0.2, 0) is 16.0 Å². The van der Waals surface area contributed by atoms with Crippen molar-refractivity contribution in [3.63, 3.8) is 0 Å². The standard InChI is InChI=1S/C16H20N2O2/c1-2-12-6-5-7-13(10-12)18-11-15(19)17-9-4-3-8-14(17)16(18)20/h5-7,10,14H,2-4,8-9,11H2,1H3. The largest absolute Gasteiger partial charge is 0.329 e. The van der Waals surface area contributed by atoms with E-state index in [9.17, 15) is 9.59 Å². The van der Waals surface area contributed by atoms with E-state index in [4.69, 9.17) is 0 Å². The minimum Gasteiger partial charge on any atom is -0.329 e. The summed E-state index contributed by atoms with van der Waals surface area (Å²) in [7, 11) is 0. The van der Waals surface area contributed by atoms with Crippen molar-refractivity contribution in [2.75, 3.05) is 18.0 Å². The van der Waals surface area contributed by atoms with Gasteiger partial charge in [0, 0.05) is 12.2 Å². The molecule has 1 aromatic rings. The van der Waals surface area contributed by atoms with Gasteiger partial charge in [-0.15, -0.1) is 0 Å². The number of fused-ring (bicyclic) bond motifs is 1. The van der Waals surface area contributed by atoms with Crippen molar-refractivity contribution in [3.05, 3.63) is 29.8 Å². The van der Waals surface area contributed by atoms with Gasteiger partial charge in [-0.05, 0) is 43.4 Å². The lowest BCUT2D eigenvalue weighted by Gasteiger charge is -2.42. The zero-order valence-corrected chi connectivity index (χ0v) is 11.8. The number of aryl methyl sites for hydroxylation is 1. The molecule has 4 nitrogen and oxygen atoms in total. The van der Waals surface area contributed by atoms with Crippen LogP contribution in [0.15, 0.2) is 24.3 Å². The molecule has 106 valence electrons. The van der Waals surface area contributed by atoms with Crippen LogP contribution >= 0.6 is 0 Å². The highest BCUT2D eigenvalue weighted by atomic mass is 16.2. The zero-order valence-electron chi connectivity index (χ0n) is 11.8. The summed E-state index contributed by atoms with van der Waals surface area (Å²) in [5.74, 6) is 0.161. The normalized spacial score (nSPS) is 22.9. The average molecular weight is 272 g/mol. The highest BCUT2D eigenvalue weighted by Crippen LogP contribution is 2.27. The molecule has 2 saturated heterocycles. The topological polar surface area (TPSA) is 40.6 Å². The van der Waals surface area contributed by atoms with Crippen LogP contribution in [0.25, 0.3) is 0 Å². The SMILES string of the molecule is CCc1cccc(N2CC(=O)N3CCCCC3C2=O)c1. The van der Waals surface area contributed by atoms with Gasteiger partial charge in [-0.3, -0.25) is 9.59 Å². The molecular formula is C16H20N2O2.